The Bertz CT molecular complexity index is 1010. The van der Waals surface area contributed by atoms with Crippen LogP contribution in [0.15, 0.2) is 24.3 Å². The van der Waals surface area contributed by atoms with Crippen LogP contribution in [0.3, 0.4) is 0 Å². The highest BCUT2D eigenvalue weighted by Gasteiger charge is 2.25. The van der Waals surface area contributed by atoms with Gasteiger partial charge in [0.15, 0.2) is 5.65 Å². The predicted octanol–water partition coefficient (Wildman–Crippen LogP) is 4.77. The molecule has 0 radical (unpaired) electrons. The van der Waals surface area contributed by atoms with Crippen LogP contribution in [0.25, 0.3) is 22.2 Å². The number of amides is 1. The first-order valence-electron chi connectivity index (χ1n) is 10.6. The van der Waals surface area contributed by atoms with E-state index in [1.165, 1.54) is 0 Å². The van der Waals surface area contributed by atoms with Crippen molar-refractivity contribution in [2.24, 2.45) is 11.8 Å². The van der Waals surface area contributed by atoms with E-state index in [0.717, 1.165) is 30.3 Å². The van der Waals surface area contributed by atoms with Crippen LogP contribution in [-0.2, 0) is 6.54 Å². The minimum atomic E-state index is -0.170. The van der Waals surface area contributed by atoms with E-state index in [-0.39, 0.29) is 11.9 Å². The van der Waals surface area contributed by atoms with Crippen LogP contribution >= 0.6 is 0 Å². The van der Waals surface area contributed by atoms with Gasteiger partial charge >= 0.3 is 0 Å². The highest BCUT2D eigenvalue weighted by Crippen LogP contribution is 2.28. The average molecular weight is 396 g/mol. The number of nitrogens with zero attached hydrogens (tertiary/aromatic N) is 3. The van der Waals surface area contributed by atoms with Gasteiger partial charge in [-0.25, -0.2) is 9.97 Å². The fourth-order valence-electron chi connectivity index (χ4n) is 3.69. The number of nitrogens with two attached hydrogens (primary N) is 1. The van der Waals surface area contributed by atoms with Gasteiger partial charge in [-0.1, -0.05) is 52.7 Å². The summed E-state index contributed by atoms with van der Waals surface area (Å²) in [5.41, 5.74) is 9.72. The molecule has 3 N–H and O–H groups in total. The van der Waals surface area contributed by atoms with Crippen molar-refractivity contribution in [2.75, 3.05) is 5.73 Å². The standard InChI is InChI=1S/C23H33N5O/c1-14(2)9-8-10-16(5)25-23(29)19-20-22(28(21(19)24)13-15(3)4)27-18-12-7-6-11-17(18)26-20/h6-7,11-12,14-16H,8-10,13,24H2,1-5H3,(H,25,29). The number of carbonyl (C=O) groups excluding carboxylic acids is 1. The SMILES string of the molecule is CC(C)CCCC(C)NC(=O)c1c(N)n(CC(C)C)c2nc3ccccc3nc12. The summed E-state index contributed by atoms with van der Waals surface area (Å²) < 4.78 is 1.93. The number of nitrogens with one attached hydrogen (secondary N) is 1. The zero-order valence-electron chi connectivity index (χ0n) is 18.2. The van der Waals surface area contributed by atoms with Crippen molar-refractivity contribution in [1.29, 1.82) is 0 Å². The second-order valence-corrected chi connectivity index (χ2v) is 8.85. The minimum Gasteiger partial charge on any atom is -0.384 e. The summed E-state index contributed by atoms with van der Waals surface area (Å²) in [5, 5.41) is 3.12. The molecule has 1 amide bonds. The zero-order chi connectivity index (χ0) is 21.1. The number of nitrogen functional groups attached to an aromatic ring is 1. The van der Waals surface area contributed by atoms with Gasteiger partial charge in [-0.3, -0.25) is 4.79 Å². The van der Waals surface area contributed by atoms with Gasteiger partial charge in [0.05, 0.1) is 11.0 Å². The third-order valence-electron chi connectivity index (χ3n) is 5.16. The molecule has 1 aromatic carbocycles. The second-order valence-electron chi connectivity index (χ2n) is 8.85. The van der Waals surface area contributed by atoms with E-state index in [2.05, 4.69) is 33.0 Å². The number of benzene rings is 1. The molecule has 0 fully saturated rings. The summed E-state index contributed by atoms with van der Waals surface area (Å²) in [6.07, 6.45) is 3.20. The molecule has 0 saturated carbocycles. The van der Waals surface area contributed by atoms with Crippen LogP contribution in [0.4, 0.5) is 5.82 Å². The molecule has 6 heteroatoms. The Hall–Kier alpha value is -2.63. The molecule has 29 heavy (non-hydrogen) atoms. The number of rotatable bonds is 8. The third-order valence-corrected chi connectivity index (χ3v) is 5.16. The molecule has 0 aliphatic rings. The molecule has 0 aliphatic heterocycles. The Morgan fingerprint density at radius 3 is 2.31 bits per heavy atom. The topological polar surface area (TPSA) is 85.8 Å². The van der Waals surface area contributed by atoms with Gasteiger partial charge in [0, 0.05) is 12.6 Å². The van der Waals surface area contributed by atoms with E-state index in [0.29, 0.717) is 40.9 Å². The number of hydrogen-bond acceptors (Lipinski definition) is 4. The monoisotopic (exact) mass is 395 g/mol. The largest absolute Gasteiger partial charge is 0.384 e. The second kappa shape index (κ2) is 8.80. The molecule has 2 heterocycles. The van der Waals surface area contributed by atoms with Crippen LogP contribution < -0.4 is 11.1 Å². The average Bonchev–Trinajstić information content (AvgIpc) is 2.90. The molecule has 6 nitrogen and oxygen atoms in total. The van der Waals surface area contributed by atoms with Gasteiger partial charge in [0.2, 0.25) is 0 Å². The first kappa shape index (κ1) is 21.1. The highest BCUT2D eigenvalue weighted by molar-refractivity contribution is 6.10. The number of fused-ring (bicyclic) bond motifs is 2. The van der Waals surface area contributed by atoms with Crippen LogP contribution in [0.1, 0.15) is 64.2 Å². The molecule has 0 spiro atoms. The molecule has 1 atom stereocenters. The quantitative estimate of drug-likeness (QED) is 0.575. The molecule has 2 aromatic heterocycles. The van der Waals surface area contributed by atoms with Gasteiger partial charge < -0.3 is 15.6 Å². The van der Waals surface area contributed by atoms with Gasteiger partial charge in [0.25, 0.3) is 5.91 Å². The number of aromatic nitrogens is 3. The molecule has 3 rings (SSSR count). The van der Waals surface area contributed by atoms with E-state index < -0.39 is 0 Å². The van der Waals surface area contributed by atoms with Gasteiger partial charge in [0.1, 0.15) is 16.9 Å². The first-order valence-corrected chi connectivity index (χ1v) is 10.6. The zero-order valence-corrected chi connectivity index (χ0v) is 18.2. The van der Waals surface area contributed by atoms with Crippen molar-refractivity contribution in [1.82, 2.24) is 19.9 Å². The molecule has 156 valence electrons. The molecule has 1 unspecified atom stereocenters. The van der Waals surface area contributed by atoms with Crippen molar-refractivity contribution in [3.05, 3.63) is 29.8 Å². The fourth-order valence-corrected chi connectivity index (χ4v) is 3.69. The van der Waals surface area contributed by atoms with Gasteiger partial charge in [-0.15, -0.1) is 0 Å². The number of para-hydroxylation sites is 2. The van der Waals surface area contributed by atoms with Gasteiger partial charge in [-0.2, -0.15) is 0 Å². The number of carbonyl (C=O) groups is 1. The maximum atomic E-state index is 13.1. The Balaban J connectivity index is 1.98. The Morgan fingerprint density at radius 2 is 1.69 bits per heavy atom. The lowest BCUT2D eigenvalue weighted by molar-refractivity contribution is 0.0940. The lowest BCUT2D eigenvalue weighted by Gasteiger charge is -2.15. The third kappa shape index (κ3) is 4.69. The van der Waals surface area contributed by atoms with E-state index in [4.69, 9.17) is 15.7 Å². The van der Waals surface area contributed by atoms with E-state index >= 15 is 0 Å². The predicted molar refractivity (Wildman–Crippen MR) is 120 cm³/mol. The minimum absolute atomic E-state index is 0.0811. The highest BCUT2D eigenvalue weighted by atomic mass is 16.1. The van der Waals surface area contributed by atoms with E-state index in [9.17, 15) is 4.79 Å². The Kier molecular flexibility index (Phi) is 6.40. The first-order chi connectivity index (χ1) is 13.8. The van der Waals surface area contributed by atoms with Crippen molar-refractivity contribution in [2.45, 2.75) is 66.5 Å². The molecular formula is C23H33N5O. The maximum absolute atomic E-state index is 13.1. The normalized spacial score (nSPS) is 12.9. The van der Waals surface area contributed by atoms with E-state index in [1.807, 2.05) is 35.8 Å². The van der Waals surface area contributed by atoms with Crippen molar-refractivity contribution < 1.29 is 4.79 Å². The molecule has 0 aliphatic carbocycles. The summed E-state index contributed by atoms with van der Waals surface area (Å²) in [6.45, 7) is 11.4. The number of anilines is 1. The summed E-state index contributed by atoms with van der Waals surface area (Å²) in [4.78, 5) is 22.7. The van der Waals surface area contributed by atoms with Crippen LogP contribution in [-0.4, -0.2) is 26.5 Å². The number of hydrogen-bond donors (Lipinski definition) is 2. The van der Waals surface area contributed by atoms with Gasteiger partial charge in [-0.05, 0) is 37.3 Å². The smallest absolute Gasteiger partial charge is 0.257 e. The van der Waals surface area contributed by atoms with Crippen LogP contribution in [0.2, 0.25) is 0 Å². The van der Waals surface area contributed by atoms with Crippen LogP contribution in [0, 0.1) is 11.8 Å². The molecular weight excluding hydrogens is 362 g/mol. The van der Waals surface area contributed by atoms with Crippen molar-refractivity contribution >= 4 is 33.9 Å². The molecule has 0 bridgehead atoms. The fraction of sp³-hybridized carbons (Fsp3) is 0.522. The van der Waals surface area contributed by atoms with Crippen LogP contribution in [0.5, 0.6) is 0 Å². The summed E-state index contributed by atoms with van der Waals surface area (Å²) in [7, 11) is 0. The summed E-state index contributed by atoms with van der Waals surface area (Å²) >= 11 is 0. The molecule has 3 aromatic rings. The molecule has 0 saturated heterocycles. The lowest BCUT2D eigenvalue weighted by Crippen LogP contribution is -2.33. The van der Waals surface area contributed by atoms with Crippen molar-refractivity contribution in [3.8, 4) is 0 Å². The maximum Gasteiger partial charge on any atom is 0.257 e. The van der Waals surface area contributed by atoms with Crippen molar-refractivity contribution in [3.63, 3.8) is 0 Å². The summed E-state index contributed by atoms with van der Waals surface area (Å²) in [6, 6.07) is 7.79. The van der Waals surface area contributed by atoms with E-state index in [1.54, 1.807) is 0 Å². The Labute approximate surface area is 172 Å². The Morgan fingerprint density at radius 1 is 1.03 bits per heavy atom. The summed E-state index contributed by atoms with van der Waals surface area (Å²) in [5.74, 6) is 1.31. The lowest BCUT2D eigenvalue weighted by atomic mass is 10.0.